The first-order valence-electron chi connectivity index (χ1n) is 8.53. The van der Waals surface area contributed by atoms with Gasteiger partial charge in [0.1, 0.15) is 0 Å². The summed E-state index contributed by atoms with van der Waals surface area (Å²) in [5.41, 5.74) is 3.14. The molecule has 0 heterocycles. The van der Waals surface area contributed by atoms with Gasteiger partial charge in [-0.25, -0.2) is 13.1 Å². The van der Waals surface area contributed by atoms with E-state index in [2.05, 4.69) is 4.72 Å². The van der Waals surface area contributed by atoms with Gasteiger partial charge in [-0.2, -0.15) is 0 Å². The Bertz CT molecular complexity index is 1030. The lowest BCUT2D eigenvalue weighted by Gasteiger charge is -2.17. The first-order valence-corrected chi connectivity index (χ1v) is 10.0. The maximum Gasteiger partial charge on any atom is 0.241 e. The fourth-order valence-electron chi connectivity index (χ4n) is 3.50. The third kappa shape index (κ3) is 3.65. The van der Waals surface area contributed by atoms with Crippen LogP contribution in [-0.2, 0) is 10.0 Å². The summed E-state index contributed by atoms with van der Waals surface area (Å²) in [5.74, 6) is 0. The lowest BCUT2D eigenvalue weighted by molar-refractivity contribution is 0.183. The van der Waals surface area contributed by atoms with Crippen LogP contribution in [0, 0.1) is 20.8 Å². The largest absolute Gasteiger partial charge is 0.387 e. The highest BCUT2D eigenvalue weighted by atomic mass is 32.2. The van der Waals surface area contributed by atoms with Gasteiger partial charge in [0, 0.05) is 6.54 Å². The van der Waals surface area contributed by atoms with Gasteiger partial charge in [0.2, 0.25) is 10.0 Å². The minimum Gasteiger partial charge on any atom is -0.387 e. The highest BCUT2D eigenvalue weighted by Gasteiger charge is 2.21. The van der Waals surface area contributed by atoms with Crippen molar-refractivity contribution >= 4 is 20.8 Å². The predicted octanol–water partition coefficient (Wildman–Crippen LogP) is 3.78. The fraction of sp³-hybridized carbons (Fsp3) is 0.238. The average molecular weight is 369 g/mol. The summed E-state index contributed by atoms with van der Waals surface area (Å²) in [7, 11) is -3.70. The van der Waals surface area contributed by atoms with E-state index in [4.69, 9.17) is 0 Å². The minimum atomic E-state index is -3.70. The maximum absolute atomic E-state index is 12.8. The van der Waals surface area contributed by atoms with Crippen molar-refractivity contribution in [2.75, 3.05) is 6.54 Å². The highest BCUT2D eigenvalue weighted by Crippen LogP contribution is 2.25. The lowest BCUT2D eigenvalue weighted by atomic mass is 10.0. The van der Waals surface area contributed by atoms with E-state index >= 15 is 0 Å². The summed E-state index contributed by atoms with van der Waals surface area (Å²) < 4.78 is 28.1. The molecule has 3 aromatic rings. The molecule has 0 bridgehead atoms. The van der Waals surface area contributed by atoms with Crippen molar-refractivity contribution in [1.29, 1.82) is 0 Å². The summed E-state index contributed by atoms with van der Waals surface area (Å²) >= 11 is 0. The van der Waals surface area contributed by atoms with Crippen LogP contribution in [0.25, 0.3) is 10.8 Å². The van der Waals surface area contributed by atoms with Gasteiger partial charge in [-0.05, 0) is 48.2 Å². The second kappa shape index (κ2) is 7.19. The molecular formula is C21H23NO3S. The monoisotopic (exact) mass is 369 g/mol. The fourth-order valence-corrected chi connectivity index (χ4v) is 4.99. The Kier molecular flexibility index (Phi) is 5.14. The van der Waals surface area contributed by atoms with Crippen LogP contribution in [0.5, 0.6) is 0 Å². The molecule has 0 saturated carbocycles. The maximum atomic E-state index is 12.8. The zero-order chi connectivity index (χ0) is 18.9. The molecule has 3 aromatic carbocycles. The Morgan fingerprint density at radius 2 is 1.58 bits per heavy atom. The molecule has 1 unspecified atom stereocenters. The standard InChI is InChI=1S/C21H23NO3S/c1-14-11-15(2)21(16(3)12-14)26(24,25)22-13-20(23)19-10-6-8-17-7-4-5-9-18(17)19/h4-12,20,22-23H,13H2,1-3H3. The van der Waals surface area contributed by atoms with Gasteiger partial charge in [0.25, 0.3) is 0 Å². The van der Waals surface area contributed by atoms with Gasteiger partial charge < -0.3 is 5.11 Å². The lowest BCUT2D eigenvalue weighted by Crippen LogP contribution is -2.29. The summed E-state index contributed by atoms with van der Waals surface area (Å²) in [6, 6.07) is 17.1. The van der Waals surface area contributed by atoms with E-state index in [1.807, 2.05) is 61.5 Å². The van der Waals surface area contributed by atoms with Crippen molar-refractivity contribution in [3.05, 3.63) is 76.9 Å². The normalized spacial score (nSPS) is 13.1. The van der Waals surface area contributed by atoms with Crippen LogP contribution in [0.3, 0.4) is 0 Å². The number of fused-ring (bicyclic) bond motifs is 1. The molecule has 0 saturated heterocycles. The van der Waals surface area contributed by atoms with Crippen molar-refractivity contribution in [3.8, 4) is 0 Å². The number of hydrogen-bond donors (Lipinski definition) is 2. The Labute approximate surface area is 154 Å². The number of hydrogen-bond acceptors (Lipinski definition) is 3. The van der Waals surface area contributed by atoms with Gasteiger partial charge in [-0.3, -0.25) is 0 Å². The molecular weight excluding hydrogens is 346 g/mol. The Morgan fingerprint density at radius 3 is 2.27 bits per heavy atom. The second-order valence-corrected chi connectivity index (χ2v) is 8.37. The van der Waals surface area contributed by atoms with Crippen LogP contribution in [0.2, 0.25) is 0 Å². The number of aliphatic hydroxyl groups is 1. The molecule has 0 aliphatic rings. The molecule has 3 rings (SSSR count). The van der Waals surface area contributed by atoms with Crippen LogP contribution in [0.4, 0.5) is 0 Å². The molecule has 0 fully saturated rings. The third-order valence-corrected chi connectivity index (χ3v) is 6.25. The van der Waals surface area contributed by atoms with Crippen LogP contribution in [0.15, 0.2) is 59.5 Å². The quantitative estimate of drug-likeness (QED) is 0.719. The molecule has 5 heteroatoms. The van der Waals surface area contributed by atoms with Crippen molar-refractivity contribution < 1.29 is 13.5 Å². The zero-order valence-corrected chi connectivity index (χ0v) is 16.0. The SMILES string of the molecule is Cc1cc(C)c(S(=O)(=O)NCC(O)c2cccc3ccccc23)c(C)c1. The van der Waals surface area contributed by atoms with Crippen molar-refractivity contribution in [3.63, 3.8) is 0 Å². The summed E-state index contributed by atoms with van der Waals surface area (Å²) in [6.07, 6.45) is -0.929. The van der Waals surface area contributed by atoms with Crippen LogP contribution in [0.1, 0.15) is 28.4 Å². The number of aliphatic hydroxyl groups excluding tert-OH is 1. The molecule has 0 aliphatic heterocycles. The van der Waals surface area contributed by atoms with E-state index in [9.17, 15) is 13.5 Å². The third-order valence-electron chi connectivity index (χ3n) is 4.52. The van der Waals surface area contributed by atoms with Crippen LogP contribution in [-0.4, -0.2) is 20.1 Å². The number of benzene rings is 3. The van der Waals surface area contributed by atoms with Gasteiger partial charge >= 0.3 is 0 Å². The average Bonchev–Trinajstić information content (AvgIpc) is 2.58. The first kappa shape index (κ1) is 18.6. The summed E-state index contributed by atoms with van der Waals surface area (Å²) in [5, 5.41) is 12.5. The second-order valence-electron chi connectivity index (χ2n) is 6.66. The van der Waals surface area contributed by atoms with Crippen molar-refractivity contribution in [2.45, 2.75) is 31.8 Å². The molecule has 2 N–H and O–H groups in total. The number of rotatable bonds is 5. The molecule has 0 amide bonds. The van der Waals surface area contributed by atoms with E-state index in [1.54, 1.807) is 13.8 Å². The highest BCUT2D eigenvalue weighted by molar-refractivity contribution is 7.89. The molecule has 26 heavy (non-hydrogen) atoms. The molecule has 0 spiro atoms. The van der Waals surface area contributed by atoms with Crippen LogP contribution < -0.4 is 4.72 Å². The Morgan fingerprint density at radius 1 is 0.962 bits per heavy atom. The van der Waals surface area contributed by atoms with Gasteiger partial charge in [0.05, 0.1) is 11.0 Å². The minimum absolute atomic E-state index is 0.0803. The molecule has 0 aliphatic carbocycles. The molecule has 136 valence electrons. The van der Waals surface area contributed by atoms with Gasteiger partial charge in [-0.15, -0.1) is 0 Å². The smallest absolute Gasteiger partial charge is 0.241 e. The topological polar surface area (TPSA) is 66.4 Å². The van der Waals surface area contributed by atoms with Crippen molar-refractivity contribution in [1.82, 2.24) is 4.72 Å². The number of sulfonamides is 1. The Hall–Kier alpha value is -2.21. The van der Waals surface area contributed by atoms with E-state index in [0.717, 1.165) is 16.3 Å². The predicted molar refractivity (Wildman–Crippen MR) is 105 cm³/mol. The van der Waals surface area contributed by atoms with E-state index in [0.29, 0.717) is 16.7 Å². The van der Waals surface area contributed by atoms with E-state index in [-0.39, 0.29) is 11.4 Å². The van der Waals surface area contributed by atoms with E-state index in [1.165, 1.54) is 0 Å². The molecule has 4 nitrogen and oxygen atoms in total. The first-order chi connectivity index (χ1) is 12.3. The molecule has 0 radical (unpaired) electrons. The summed E-state index contributed by atoms with van der Waals surface area (Å²) in [6.45, 7) is 5.43. The summed E-state index contributed by atoms with van der Waals surface area (Å²) in [4.78, 5) is 0.285. The zero-order valence-electron chi connectivity index (χ0n) is 15.2. The molecule has 1 atom stereocenters. The van der Waals surface area contributed by atoms with E-state index < -0.39 is 16.1 Å². The molecule has 0 aromatic heterocycles. The van der Waals surface area contributed by atoms with Gasteiger partial charge in [0.15, 0.2) is 0 Å². The van der Waals surface area contributed by atoms with Crippen LogP contribution >= 0.6 is 0 Å². The number of nitrogens with one attached hydrogen (secondary N) is 1. The Balaban J connectivity index is 1.86. The number of aryl methyl sites for hydroxylation is 3. The van der Waals surface area contributed by atoms with Crippen molar-refractivity contribution in [2.24, 2.45) is 0 Å². The van der Waals surface area contributed by atoms with Gasteiger partial charge in [-0.1, -0.05) is 60.2 Å².